The van der Waals surface area contributed by atoms with E-state index in [1.807, 2.05) is 4.90 Å². The van der Waals surface area contributed by atoms with Crippen molar-refractivity contribution in [3.05, 3.63) is 23.3 Å². The number of carbonyl (C=O) groups is 3. The number of nitrogens with two attached hydrogens (primary N) is 1. The van der Waals surface area contributed by atoms with E-state index in [1.54, 1.807) is 6.92 Å². The van der Waals surface area contributed by atoms with E-state index in [1.165, 1.54) is 19.2 Å². The van der Waals surface area contributed by atoms with Crippen molar-refractivity contribution in [2.75, 3.05) is 33.2 Å². The summed E-state index contributed by atoms with van der Waals surface area (Å²) in [6.45, 7) is 2.35. The lowest BCUT2D eigenvalue weighted by atomic mass is 9.81. The second-order valence-electron chi connectivity index (χ2n) is 8.81. The lowest BCUT2D eigenvalue weighted by Crippen LogP contribution is -2.64. The molecule has 8 N–H and O–H groups in total. The van der Waals surface area contributed by atoms with Gasteiger partial charge in [-0.25, -0.2) is 4.79 Å². The number of ether oxygens (including phenoxy) is 1. The Morgan fingerprint density at radius 1 is 1.30 bits per heavy atom. The first-order chi connectivity index (χ1) is 15.4. The average Bonchev–Trinajstić information content (AvgIpc) is 3.50. The number of aromatic carboxylic acids is 1. The Bertz CT molecular complexity index is 935. The van der Waals surface area contributed by atoms with E-state index in [2.05, 4.69) is 10.6 Å². The van der Waals surface area contributed by atoms with Crippen molar-refractivity contribution in [2.24, 2.45) is 5.73 Å². The maximum Gasteiger partial charge on any atom is 0.455 e. The minimum absolute atomic E-state index is 0.00831. The van der Waals surface area contributed by atoms with Gasteiger partial charge in [-0.3, -0.25) is 14.5 Å². The zero-order chi connectivity index (χ0) is 24.5. The molecule has 13 heteroatoms. The normalized spacial score (nSPS) is 22.0. The van der Waals surface area contributed by atoms with Gasteiger partial charge in [0.25, 0.3) is 0 Å². The van der Waals surface area contributed by atoms with Crippen LogP contribution in [0.25, 0.3) is 0 Å². The molecule has 12 nitrogen and oxygen atoms in total. The Morgan fingerprint density at radius 3 is 2.52 bits per heavy atom. The minimum atomic E-state index is -1.53. The average molecular weight is 464 g/mol. The second-order valence-corrected chi connectivity index (χ2v) is 8.81. The van der Waals surface area contributed by atoms with Gasteiger partial charge < -0.3 is 41.4 Å². The molecule has 1 saturated heterocycles. The van der Waals surface area contributed by atoms with Crippen LogP contribution in [0.2, 0.25) is 5.82 Å². The van der Waals surface area contributed by atoms with Crippen LogP contribution in [0.3, 0.4) is 0 Å². The van der Waals surface area contributed by atoms with Gasteiger partial charge in [0.05, 0.1) is 6.54 Å². The molecule has 2 aliphatic rings. The van der Waals surface area contributed by atoms with Gasteiger partial charge in [0.15, 0.2) is 0 Å². The number of carboxylic acids is 1. The maximum absolute atomic E-state index is 12.2. The number of likely N-dealkylation sites (tertiary alicyclic amines) is 1. The first kappa shape index (κ1) is 24.8. The highest BCUT2D eigenvalue weighted by molar-refractivity contribution is 6.44. The number of aromatic hydroxyl groups is 1. The van der Waals surface area contributed by atoms with Crippen molar-refractivity contribution < 1.29 is 39.4 Å². The summed E-state index contributed by atoms with van der Waals surface area (Å²) >= 11 is 0. The lowest BCUT2D eigenvalue weighted by Gasteiger charge is -2.42. The molecule has 1 saturated carbocycles. The number of hydrogen-bond donors (Lipinski definition) is 7. The lowest BCUT2D eigenvalue weighted by molar-refractivity contribution is -0.130. The van der Waals surface area contributed by atoms with E-state index in [9.17, 15) is 34.6 Å². The maximum atomic E-state index is 12.2. The molecule has 180 valence electrons. The van der Waals surface area contributed by atoms with Crippen LogP contribution in [0, 0.1) is 0 Å². The number of nitrogens with zero attached hydrogens (tertiary/aromatic N) is 1. The van der Waals surface area contributed by atoms with Crippen LogP contribution in [0.4, 0.5) is 0 Å². The van der Waals surface area contributed by atoms with Crippen LogP contribution in [0.15, 0.2) is 12.1 Å². The van der Waals surface area contributed by atoms with Gasteiger partial charge in [0, 0.05) is 32.5 Å². The third-order valence-corrected chi connectivity index (χ3v) is 5.98. The largest absolute Gasteiger partial charge is 0.507 e. The summed E-state index contributed by atoms with van der Waals surface area (Å²) in [5.74, 6) is -3.37. The fourth-order valence-electron chi connectivity index (χ4n) is 3.99. The summed E-state index contributed by atoms with van der Waals surface area (Å²) in [5, 5.41) is 43.5. The standard InChI is InChI=1S/C20H29BN4O8/c1-20(22,19(30)24-6-15(26)23-2)9-25-7-10(8-25)33-14-4-3-11(12-5-13(12)21(31)32)17(27)16(14)18(28)29/h3-4,10,12-13,27,31-32H,5-9,22H2,1-2H3,(H,23,26)(H,24,30)(H,28,29)/t12-,13-,20+/m0/s1. The molecular weight excluding hydrogens is 435 g/mol. The highest BCUT2D eigenvalue weighted by atomic mass is 16.5. The third kappa shape index (κ3) is 5.56. The van der Waals surface area contributed by atoms with E-state index in [0.29, 0.717) is 25.1 Å². The number of benzene rings is 1. The number of likely N-dealkylation sites (N-methyl/N-ethyl adjacent to an activating group) is 1. The van der Waals surface area contributed by atoms with Gasteiger partial charge in [-0.1, -0.05) is 6.07 Å². The molecule has 3 atom stereocenters. The zero-order valence-electron chi connectivity index (χ0n) is 18.4. The van der Waals surface area contributed by atoms with Crippen LogP contribution in [-0.4, -0.2) is 94.9 Å². The molecule has 2 amide bonds. The first-order valence-electron chi connectivity index (χ1n) is 10.6. The summed E-state index contributed by atoms with van der Waals surface area (Å²) in [5.41, 5.74) is 4.81. The number of hydrogen-bond acceptors (Lipinski definition) is 9. The van der Waals surface area contributed by atoms with Gasteiger partial charge in [-0.2, -0.15) is 0 Å². The van der Waals surface area contributed by atoms with Crippen molar-refractivity contribution in [3.8, 4) is 11.5 Å². The van der Waals surface area contributed by atoms with E-state index < -0.39 is 36.1 Å². The zero-order valence-corrected chi connectivity index (χ0v) is 18.4. The molecule has 0 spiro atoms. The summed E-state index contributed by atoms with van der Waals surface area (Å²) in [7, 11) is -0.0691. The number of rotatable bonds is 10. The van der Waals surface area contributed by atoms with Crippen LogP contribution in [-0.2, 0) is 9.59 Å². The second kappa shape index (κ2) is 9.55. The van der Waals surface area contributed by atoms with Gasteiger partial charge in [0.1, 0.15) is 28.7 Å². The van der Waals surface area contributed by atoms with E-state index in [0.717, 1.165) is 0 Å². The third-order valence-electron chi connectivity index (χ3n) is 5.98. The predicted octanol–water partition coefficient (Wildman–Crippen LogP) is -1.94. The molecule has 1 aromatic rings. The van der Waals surface area contributed by atoms with Gasteiger partial charge in [0.2, 0.25) is 11.8 Å². The van der Waals surface area contributed by atoms with Gasteiger partial charge in [-0.15, -0.1) is 0 Å². The molecule has 2 fully saturated rings. The molecule has 0 aromatic heterocycles. The Labute approximate surface area is 190 Å². The highest BCUT2D eigenvalue weighted by Gasteiger charge is 2.48. The fraction of sp³-hybridized carbons (Fsp3) is 0.550. The SMILES string of the molecule is CNC(=O)CNC(=O)[C@](C)(N)CN1CC(Oc2ccc([C@@H]3C[C@@H]3B(O)O)c(O)c2C(=O)O)C1. The molecule has 3 rings (SSSR count). The summed E-state index contributed by atoms with van der Waals surface area (Å²) in [6.07, 6.45) is 0.0717. The Hall–Kier alpha value is -2.87. The molecular formula is C20H29BN4O8. The first-order valence-corrected chi connectivity index (χ1v) is 10.6. The van der Waals surface area contributed by atoms with Crippen molar-refractivity contribution in [2.45, 2.75) is 36.7 Å². The monoisotopic (exact) mass is 464 g/mol. The molecule has 0 bridgehead atoms. The molecule has 0 unspecified atom stereocenters. The minimum Gasteiger partial charge on any atom is -0.507 e. The Morgan fingerprint density at radius 2 is 1.97 bits per heavy atom. The van der Waals surface area contributed by atoms with Crippen LogP contribution in [0.1, 0.15) is 35.2 Å². The van der Waals surface area contributed by atoms with Crippen molar-refractivity contribution >= 4 is 24.9 Å². The fourth-order valence-corrected chi connectivity index (χ4v) is 3.99. The number of carbonyl (C=O) groups excluding carboxylic acids is 2. The van der Waals surface area contributed by atoms with Crippen LogP contribution in [0.5, 0.6) is 11.5 Å². The summed E-state index contributed by atoms with van der Waals surface area (Å²) in [4.78, 5) is 37.1. The Kier molecular flexibility index (Phi) is 7.17. The highest BCUT2D eigenvalue weighted by Crippen LogP contribution is 2.56. The van der Waals surface area contributed by atoms with E-state index in [4.69, 9.17) is 10.5 Å². The number of nitrogens with one attached hydrogen (secondary N) is 2. The van der Waals surface area contributed by atoms with Crippen molar-refractivity contribution in [1.29, 1.82) is 0 Å². The van der Waals surface area contributed by atoms with E-state index in [-0.39, 0.29) is 42.3 Å². The van der Waals surface area contributed by atoms with Gasteiger partial charge >= 0.3 is 13.1 Å². The summed E-state index contributed by atoms with van der Waals surface area (Å²) < 4.78 is 5.78. The summed E-state index contributed by atoms with van der Waals surface area (Å²) in [6, 6.07) is 2.99. The molecule has 1 aliphatic heterocycles. The van der Waals surface area contributed by atoms with E-state index >= 15 is 0 Å². The molecule has 0 radical (unpaired) electrons. The topological polar surface area (TPSA) is 195 Å². The quantitative estimate of drug-likeness (QED) is 0.192. The number of carboxylic acid groups (broad SMARTS) is 1. The van der Waals surface area contributed by atoms with Crippen LogP contribution >= 0.6 is 0 Å². The molecule has 33 heavy (non-hydrogen) atoms. The van der Waals surface area contributed by atoms with Crippen molar-refractivity contribution in [3.63, 3.8) is 0 Å². The Balaban J connectivity index is 1.58. The van der Waals surface area contributed by atoms with Crippen LogP contribution < -0.4 is 21.1 Å². The molecule has 1 aliphatic carbocycles. The number of phenols is 1. The van der Waals surface area contributed by atoms with Crippen molar-refractivity contribution in [1.82, 2.24) is 15.5 Å². The molecule has 1 aromatic carbocycles. The molecule has 1 heterocycles. The smallest absolute Gasteiger partial charge is 0.455 e. The number of amides is 2. The van der Waals surface area contributed by atoms with Gasteiger partial charge in [-0.05, 0) is 30.9 Å². The predicted molar refractivity (Wildman–Crippen MR) is 117 cm³/mol.